The van der Waals surface area contributed by atoms with Gasteiger partial charge in [-0.05, 0) is 24.0 Å². The Hall–Kier alpha value is -2.75. The molecule has 9 heteroatoms. The number of aliphatic hydroxyl groups is 1. The smallest absolute Gasteiger partial charge is 0.222 e. The zero-order chi connectivity index (χ0) is 22.3. The molecule has 1 saturated heterocycles. The maximum atomic E-state index is 9.51. The van der Waals surface area contributed by atoms with Crippen LogP contribution in [0.4, 0.5) is 11.8 Å². The van der Waals surface area contributed by atoms with Crippen LogP contribution in [0.2, 0.25) is 0 Å². The number of aliphatic hydroxyl groups excluding tert-OH is 1. The summed E-state index contributed by atoms with van der Waals surface area (Å²) in [5.74, 6) is 0.905. The first kappa shape index (κ1) is 22.4. The summed E-state index contributed by atoms with van der Waals surface area (Å²) in [5, 5.41) is 17.8. The summed E-state index contributed by atoms with van der Waals surface area (Å²) >= 11 is 0. The quantitative estimate of drug-likeness (QED) is 0.415. The maximum Gasteiger partial charge on any atom is 0.222 e. The summed E-state index contributed by atoms with van der Waals surface area (Å²) < 4.78 is 7.29. The fourth-order valence-corrected chi connectivity index (χ4v) is 3.96. The van der Waals surface area contributed by atoms with Crippen LogP contribution in [0.5, 0.6) is 0 Å². The molecule has 9 nitrogen and oxygen atoms in total. The lowest BCUT2D eigenvalue weighted by molar-refractivity contribution is 0.190. The maximum absolute atomic E-state index is 9.51. The highest BCUT2D eigenvalue weighted by Gasteiger charge is 2.17. The molecular weight excluding hydrogens is 406 g/mol. The number of benzene rings is 1. The Bertz CT molecular complexity index is 999. The van der Waals surface area contributed by atoms with Crippen LogP contribution < -0.4 is 16.0 Å². The first-order valence-corrected chi connectivity index (χ1v) is 11.4. The monoisotopic (exact) mass is 439 g/mol. The Morgan fingerprint density at radius 1 is 1.22 bits per heavy atom. The van der Waals surface area contributed by atoms with E-state index in [0.29, 0.717) is 36.0 Å². The summed E-state index contributed by atoms with van der Waals surface area (Å²) in [6.07, 6.45) is 5.04. The number of nitrogen functional groups attached to an aromatic ring is 1. The van der Waals surface area contributed by atoms with Crippen molar-refractivity contribution < 1.29 is 9.84 Å². The third-order valence-corrected chi connectivity index (χ3v) is 5.75. The van der Waals surface area contributed by atoms with Crippen LogP contribution in [0.15, 0.2) is 30.5 Å². The van der Waals surface area contributed by atoms with Gasteiger partial charge in [-0.3, -0.25) is 4.68 Å². The standard InChI is InChI=1S/C23H33N7O2/c1-2-3-9-29(10-11-31)22-21-20(26-23(24)27-22)15-30(28-21)14-18-6-4-17(5-7-18)13-25-19-8-12-32-16-19/h4-7,15,19,25,31H,2-3,8-14,16H2,1H3,(H2,24,26)/t19-/m1/s1. The average molecular weight is 440 g/mol. The first-order chi connectivity index (χ1) is 15.7. The van der Waals surface area contributed by atoms with Gasteiger partial charge < -0.3 is 25.8 Å². The van der Waals surface area contributed by atoms with Crippen LogP contribution >= 0.6 is 0 Å². The van der Waals surface area contributed by atoms with E-state index in [4.69, 9.17) is 15.6 Å². The lowest BCUT2D eigenvalue weighted by Gasteiger charge is -2.22. The number of hydrogen-bond donors (Lipinski definition) is 3. The van der Waals surface area contributed by atoms with Crippen molar-refractivity contribution in [3.05, 3.63) is 41.6 Å². The third-order valence-electron chi connectivity index (χ3n) is 5.75. The van der Waals surface area contributed by atoms with E-state index in [1.165, 1.54) is 5.56 Å². The lowest BCUT2D eigenvalue weighted by Crippen LogP contribution is -2.29. The molecule has 172 valence electrons. The summed E-state index contributed by atoms with van der Waals surface area (Å²) in [6.45, 7) is 6.59. The van der Waals surface area contributed by atoms with Crippen LogP contribution in [0, 0.1) is 0 Å². The largest absolute Gasteiger partial charge is 0.395 e. The number of aromatic nitrogens is 4. The van der Waals surface area contributed by atoms with Gasteiger partial charge in [0.25, 0.3) is 0 Å². The number of hydrogen-bond acceptors (Lipinski definition) is 8. The van der Waals surface area contributed by atoms with Gasteiger partial charge in [-0.15, -0.1) is 0 Å². The van der Waals surface area contributed by atoms with E-state index in [9.17, 15) is 5.11 Å². The molecule has 1 fully saturated rings. The highest BCUT2D eigenvalue weighted by atomic mass is 16.5. The van der Waals surface area contributed by atoms with Gasteiger partial charge in [0.2, 0.25) is 5.95 Å². The minimum atomic E-state index is 0.0464. The van der Waals surface area contributed by atoms with Crippen LogP contribution in [-0.2, 0) is 17.8 Å². The van der Waals surface area contributed by atoms with Gasteiger partial charge in [0.1, 0.15) is 5.52 Å². The van der Waals surface area contributed by atoms with Crippen LogP contribution in [0.3, 0.4) is 0 Å². The lowest BCUT2D eigenvalue weighted by atomic mass is 10.1. The molecule has 0 aliphatic carbocycles. The fourth-order valence-electron chi connectivity index (χ4n) is 3.96. The van der Waals surface area contributed by atoms with Crippen molar-refractivity contribution in [1.29, 1.82) is 0 Å². The van der Waals surface area contributed by atoms with E-state index in [-0.39, 0.29) is 12.6 Å². The second-order valence-corrected chi connectivity index (χ2v) is 8.29. The number of unbranched alkanes of at least 4 members (excludes halogenated alkanes) is 1. The molecule has 1 aliphatic rings. The molecule has 0 spiro atoms. The average Bonchev–Trinajstić information content (AvgIpc) is 3.45. The van der Waals surface area contributed by atoms with Crippen molar-refractivity contribution in [2.24, 2.45) is 0 Å². The number of nitrogens with zero attached hydrogens (tertiary/aromatic N) is 5. The highest BCUT2D eigenvalue weighted by molar-refractivity contribution is 5.86. The van der Waals surface area contributed by atoms with Crippen molar-refractivity contribution in [1.82, 2.24) is 25.1 Å². The minimum absolute atomic E-state index is 0.0464. The predicted molar refractivity (Wildman–Crippen MR) is 126 cm³/mol. The molecule has 3 heterocycles. The summed E-state index contributed by atoms with van der Waals surface area (Å²) in [7, 11) is 0. The van der Waals surface area contributed by atoms with Crippen LogP contribution in [0.1, 0.15) is 37.3 Å². The summed E-state index contributed by atoms with van der Waals surface area (Å²) in [6, 6.07) is 9.02. The van der Waals surface area contributed by atoms with Crippen LogP contribution in [-0.4, -0.2) is 63.8 Å². The summed E-state index contributed by atoms with van der Waals surface area (Å²) in [5.41, 5.74) is 9.81. The molecule has 0 amide bonds. The van der Waals surface area contributed by atoms with Crippen molar-refractivity contribution >= 4 is 22.8 Å². The van der Waals surface area contributed by atoms with E-state index >= 15 is 0 Å². The second kappa shape index (κ2) is 10.7. The predicted octanol–water partition coefficient (Wildman–Crippen LogP) is 1.93. The van der Waals surface area contributed by atoms with Crippen molar-refractivity contribution in [2.75, 3.05) is 43.5 Å². The Balaban J connectivity index is 1.48. The van der Waals surface area contributed by atoms with E-state index < -0.39 is 0 Å². The zero-order valence-corrected chi connectivity index (χ0v) is 18.7. The molecule has 0 saturated carbocycles. The molecule has 0 radical (unpaired) electrons. The number of ether oxygens (including phenoxy) is 1. The Morgan fingerprint density at radius 3 is 2.75 bits per heavy atom. The molecule has 1 atom stereocenters. The number of rotatable bonds is 11. The summed E-state index contributed by atoms with van der Waals surface area (Å²) in [4.78, 5) is 10.9. The highest BCUT2D eigenvalue weighted by Crippen LogP contribution is 2.24. The van der Waals surface area contributed by atoms with Crippen molar-refractivity contribution in [3.63, 3.8) is 0 Å². The Labute approximate surface area is 188 Å². The van der Waals surface area contributed by atoms with Crippen LogP contribution in [0.25, 0.3) is 11.0 Å². The number of nitrogens with one attached hydrogen (secondary N) is 1. The first-order valence-electron chi connectivity index (χ1n) is 11.4. The van der Waals surface area contributed by atoms with Gasteiger partial charge in [0.15, 0.2) is 11.3 Å². The molecular formula is C23H33N7O2. The van der Waals surface area contributed by atoms with Crippen molar-refractivity contribution in [2.45, 2.75) is 45.3 Å². The van der Waals surface area contributed by atoms with E-state index in [2.05, 4.69) is 46.5 Å². The molecule has 1 aromatic carbocycles. The minimum Gasteiger partial charge on any atom is -0.395 e. The van der Waals surface area contributed by atoms with Gasteiger partial charge in [0.05, 0.1) is 26.0 Å². The fraction of sp³-hybridized carbons (Fsp3) is 0.522. The molecule has 3 aromatic rings. The normalized spacial score (nSPS) is 16.1. The number of anilines is 2. The van der Waals surface area contributed by atoms with E-state index in [1.807, 2.05) is 15.8 Å². The van der Waals surface area contributed by atoms with Gasteiger partial charge in [-0.1, -0.05) is 37.6 Å². The van der Waals surface area contributed by atoms with Gasteiger partial charge in [0, 0.05) is 32.3 Å². The van der Waals surface area contributed by atoms with Crippen molar-refractivity contribution in [3.8, 4) is 0 Å². The molecule has 1 aliphatic heterocycles. The van der Waals surface area contributed by atoms with E-state index in [0.717, 1.165) is 51.1 Å². The third kappa shape index (κ3) is 5.53. The molecule has 4 N–H and O–H groups in total. The number of nitrogens with two attached hydrogens (primary N) is 1. The Kier molecular flexibility index (Phi) is 7.51. The molecule has 0 unspecified atom stereocenters. The SMILES string of the molecule is CCCCN(CCO)c1nc(N)nc2cn(Cc3ccc(CN[C@@H]4CCOC4)cc3)nc12. The Morgan fingerprint density at radius 2 is 2.03 bits per heavy atom. The van der Waals surface area contributed by atoms with Gasteiger partial charge in [-0.2, -0.15) is 10.1 Å². The molecule has 2 aromatic heterocycles. The molecule has 0 bridgehead atoms. The van der Waals surface area contributed by atoms with Gasteiger partial charge >= 0.3 is 0 Å². The van der Waals surface area contributed by atoms with Gasteiger partial charge in [-0.25, -0.2) is 4.98 Å². The van der Waals surface area contributed by atoms with E-state index in [1.54, 1.807) is 0 Å². The number of fused-ring (bicyclic) bond motifs is 1. The zero-order valence-electron chi connectivity index (χ0n) is 18.7. The molecule has 4 rings (SSSR count). The topological polar surface area (TPSA) is 114 Å². The molecule has 32 heavy (non-hydrogen) atoms. The second-order valence-electron chi connectivity index (χ2n) is 8.29.